The van der Waals surface area contributed by atoms with Crippen molar-refractivity contribution in [3.05, 3.63) is 11.8 Å². The zero-order valence-electron chi connectivity index (χ0n) is 10.8. The summed E-state index contributed by atoms with van der Waals surface area (Å²) in [5.41, 5.74) is 0.706. The lowest BCUT2D eigenvalue weighted by molar-refractivity contribution is -0.138. The maximum atomic E-state index is 11.7. The zero-order chi connectivity index (χ0) is 13.8. The van der Waals surface area contributed by atoms with Gasteiger partial charge in [-0.15, -0.1) is 0 Å². The molecule has 7 nitrogen and oxygen atoms in total. The Morgan fingerprint density at radius 1 is 1.63 bits per heavy atom. The number of carboxylic acids is 1. The average molecular weight is 267 g/mol. The minimum Gasteiger partial charge on any atom is -0.481 e. The highest BCUT2D eigenvalue weighted by Crippen LogP contribution is 2.19. The third-order valence-electron chi connectivity index (χ3n) is 3.09. The van der Waals surface area contributed by atoms with Crippen LogP contribution in [0.5, 0.6) is 0 Å². The van der Waals surface area contributed by atoms with Gasteiger partial charge < -0.3 is 9.63 Å². The normalized spacial score (nSPS) is 19.5. The van der Waals surface area contributed by atoms with E-state index in [9.17, 15) is 9.59 Å². The number of rotatable bonds is 5. The second-order valence-corrected chi connectivity index (χ2v) is 4.87. The van der Waals surface area contributed by atoms with Crippen molar-refractivity contribution in [1.29, 1.82) is 0 Å². The number of hydrogen-bond donors (Lipinski definition) is 2. The molecule has 1 aromatic heterocycles. The average Bonchev–Trinajstić information content (AvgIpc) is 2.88. The van der Waals surface area contributed by atoms with Crippen LogP contribution >= 0.6 is 0 Å². The summed E-state index contributed by atoms with van der Waals surface area (Å²) in [7, 11) is 0. The van der Waals surface area contributed by atoms with Gasteiger partial charge in [0.2, 0.25) is 11.8 Å². The predicted octanol–water partition coefficient (Wildman–Crippen LogP) is 0.718. The zero-order valence-corrected chi connectivity index (χ0v) is 10.8. The highest BCUT2D eigenvalue weighted by atomic mass is 16.5. The van der Waals surface area contributed by atoms with E-state index in [2.05, 4.69) is 10.5 Å². The summed E-state index contributed by atoms with van der Waals surface area (Å²) in [5, 5.41) is 15.0. The van der Waals surface area contributed by atoms with Crippen molar-refractivity contribution in [2.45, 2.75) is 19.8 Å². The van der Waals surface area contributed by atoms with Crippen LogP contribution in [0.15, 0.2) is 10.6 Å². The van der Waals surface area contributed by atoms with Gasteiger partial charge in [0.25, 0.3) is 0 Å². The van der Waals surface area contributed by atoms with Gasteiger partial charge in [0, 0.05) is 19.0 Å². The minimum absolute atomic E-state index is 0.137. The Morgan fingerprint density at radius 2 is 2.42 bits per heavy atom. The molecule has 0 spiro atoms. The smallest absolute Gasteiger partial charge is 0.303 e. The largest absolute Gasteiger partial charge is 0.481 e. The van der Waals surface area contributed by atoms with Gasteiger partial charge in [0.05, 0.1) is 12.2 Å². The number of likely N-dealkylation sites (tertiary alicyclic amines) is 1. The summed E-state index contributed by atoms with van der Waals surface area (Å²) in [6.07, 6.45) is 0.987. The Balaban J connectivity index is 1.76. The molecule has 2 heterocycles. The monoisotopic (exact) mass is 267 g/mol. The third kappa shape index (κ3) is 4.06. The first-order chi connectivity index (χ1) is 9.02. The number of hydrogen-bond acceptors (Lipinski definition) is 5. The highest BCUT2D eigenvalue weighted by molar-refractivity contribution is 5.91. The molecule has 2 N–H and O–H groups in total. The van der Waals surface area contributed by atoms with Crippen LogP contribution in [0.1, 0.15) is 18.5 Å². The lowest BCUT2D eigenvalue weighted by Gasteiger charge is -2.14. The number of nitrogens with one attached hydrogen (secondary N) is 1. The van der Waals surface area contributed by atoms with E-state index in [-0.39, 0.29) is 24.8 Å². The quantitative estimate of drug-likeness (QED) is 0.816. The first kappa shape index (κ1) is 13.5. The van der Waals surface area contributed by atoms with E-state index in [1.807, 2.05) is 4.90 Å². The van der Waals surface area contributed by atoms with Gasteiger partial charge in [-0.3, -0.25) is 19.8 Å². The van der Waals surface area contributed by atoms with Crippen LogP contribution in [0.3, 0.4) is 0 Å². The van der Waals surface area contributed by atoms with Crippen LogP contribution in [0.2, 0.25) is 0 Å². The van der Waals surface area contributed by atoms with E-state index >= 15 is 0 Å². The van der Waals surface area contributed by atoms with Crippen molar-refractivity contribution in [3.63, 3.8) is 0 Å². The van der Waals surface area contributed by atoms with Crippen molar-refractivity contribution in [3.8, 4) is 0 Å². The topological polar surface area (TPSA) is 95.7 Å². The number of nitrogens with zero attached hydrogens (tertiary/aromatic N) is 2. The molecular formula is C12H17N3O4. The first-order valence-electron chi connectivity index (χ1n) is 6.20. The molecule has 1 aromatic rings. The van der Waals surface area contributed by atoms with Gasteiger partial charge >= 0.3 is 5.97 Å². The van der Waals surface area contributed by atoms with Crippen molar-refractivity contribution in [1.82, 2.24) is 10.1 Å². The van der Waals surface area contributed by atoms with Crippen LogP contribution in [-0.4, -0.2) is 46.7 Å². The maximum absolute atomic E-state index is 11.7. The number of aliphatic carboxylic acids is 1. The van der Waals surface area contributed by atoms with Crippen molar-refractivity contribution < 1.29 is 19.2 Å². The molecule has 0 aromatic carbocycles. The SMILES string of the molecule is Cc1cc(NC(=O)CN2CCC(CC(=O)O)C2)on1. The van der Waals surface area contributed by atoms with Gasteiger partial charge in [-0.05, 0) is 25.8 Å². The maximum Gasteiger partial charge on any atom is 0.303 e. The van der Waals surface area contributed by atoms with E-state index in [4.69, 9.17) is 9.63 Å². The van der Waals surface area contributed by atoms with Crippen molar-refractivity contribution >= 4 is 17.8 Å². The van der Waals surface area contributed by atoms with Crippen molar-refractivity contribution in [2.75, 3.05) is 25.0 Å². The van der Waals surface area contributed by atoms with E-state index in [1.54, 1.807) is 13.0 Å². The Hall–Kier alpha value is -1.89. The number of carbonyl (C=O) groups is 2. The molecule has 0 saturated carbocycles. The van der Waals surface area contributed by atoms with Gasteiger partial charge in [-0.1, -0.05) is 5.16 Å². The molecule has 1 unspecified atom stereocenters. The summed E-state index contributed by atoms with van der Waals surface area (Å²) in [5.74, 6) is -0.484. The van der Waals surface area contributed by atoms with Crippen LogP contribution < -0.4 is 5.32 Å². The number of aromatic nitrogens is 1. The molecule has 2 rings (SSSR count). The minimum atomic E-state index is -0.784. The molecule has 1 saturated heterocycles. The molecule has 1 fully saturated rings. The second-order valence-electron chi connectivity index (χ2n) is 4.87. The summed E-state index contributed by atoms with van der Waals surface area (Å²) in [6.45, 7) is 3.42. The summed E-state index contributed by atoms with van der Waals surface area (Å²) in [4.78, 5) is 24.3. The second kappa shape index (κ2) is 5.83. The van der Waals surface area contributed by atoms with E-state index in [1.165, 1.54) is 0 Å². The number of carboxylic acid groups (broad SMARTS) is 1. The van der Waals surface area contributed by atoms with Crippen LogP contribution in [0, 0.1) is 12.8 Å². The van der Waals surface area contributed by atoms with E-state index < -0.39 is 5.97 Å². The van der Waals surface area contributed by atoms with Gasteiger partial charge in [0.1, 0.15) is 0 Å². The number of aryl methyl sites for hydroxylation is 1. The Labute approximate surface area is 110 Å². The number of amides is 1. The van der Waals surface area contributed by atoms with Gasteiger partial charge in [-0.25, -0.2) is 0 Å². The molecule has 1 atom stereocenters. The highest BCUT2D eigenvalue weighted by Gasteiger charge is 2.25. The fourth-order valence-electron chi connectivity index (χ4n) is 2.27. The molecule has 1 aliphatic rings. The fourth-order valence-corrected chi connectivity index (χ4v) is 2.27. The molecule has 1 aliphatic heterocycles. The molecule has 0 aliphatic carbocycles. The van der Waals surface area contributed by atoms with Crippen LogP contribution in [-0.2, 0) is 9.59 Å². The fraction of sp³-hybridized carbons (Fsp3) is 0.583. The molecular weight excluding hydrogens is 250 g/mol. The Bertz CT molecular complexity index is 471. The first-order valence-corrected chi connectivity index (χ1v) is 6.20. The lowest BCUT2D eigenvalue weighted by Crippen LogP contribution is -2.31. The van der Waals surface area contributed by atoms with E-state index in [0.29, 0.717) is 18.1 Å². The number of anilines is 1. The molecule has 1 amide bonds. The van der Waals surface area contributed by atoms with Gasteiger partial charge in [-0.2, -0.15) is 0 Å². The van der Waals surface area contributed by atoms with Crippen molar-refractivity contribution in [2.24, 2.45) is 5.92 Å². The predicted molar refractivity (Wildman–Crippen MR) is 66.7 cm³/mol. The van der Waals surface area contributed by atoms with Gasteiger partial charge in [0.15, 0.2) is 0 Å². The van der Waals surface area contributed by atoms with E-state index in [0.717, 1.165) is 13.0 Å². The molecule has 104 valence electrons. The number of carbonyl (C=O) groups excluding carboxylic acids is 1. The Morgan fingerprint density at radius 3 is 3.05 bits per heavy atom. The molecule has 7 heteroatoms. The summed E-state index contributed by atoms with van der Waals surface area (Å²) < 4.78 is 4.89. The Kier molecular flexibility index (Phi) is 4.16. The summed E-state index contributed by atoms with van der Waals surface area (Å²) in [6, 6.07) is 1.65. The molecule has 0 radical (unpaired) electrons. The van der Waals surface area contributed by atoms with Crippen LogP contribution in [0.4, 0.5) is 5.88 Å². The molecule has 19 heavy (non-hydrogen) atoms. The van der Waals surface area contributed by atoms with Crippen LogP contribution in [0.25, 0.3) is 0 Å². The molecule has 0 bridgehead atoms. The standard InChI is InChI=1S/C12H17N3O4/c1-8-4-11(19-14-8)13-10(16)7-15-3-2-9(6-15)5-12(17)18/h4,9H,2-3,5-7H2,1H3,(H,13,16)(H,17,18). The summed E-state index contributed by atoms with van der Waals surface area (Å²) >= 11 is 0. The lowest BCUT2D eigenvalue weighted by atomic mass is 10.1. The third-order valence-corrected chi connectivity index (χ3v) is 3.09.